The van der Waals surface area contributed by atoms with Gasteiger partial charge in [-0.2, -0.15) is 0 Å². The zero-order chi connectivity index (χ0) is 12.9. The number of hydrogen-bond acceptors (Lipinski definition) is 3. The van der Waals surface area contributed by atoms with Crippen molar-refractivity contribution in [2.24, 2.45) is 11.3 Å². The molecule has 1 fully saturated rings. The smallest absolute Gasteiger partial charge is 0.150 e. The maximum atomic E-state index is 11.6. The Kier molecular flexibility index (Phi) is 5.45. The Morgan fingerprint density at radius 1 is 1.29 bits per heavy atom. The molecule has 1 N–H and O–H groups in total. The van der Waals surface area contributed by atoms with Crippen LogP contribution in [0.4, 0.5) is 0 Å². The molecule has 4 heteroatoms. The van der Waals surface area contributed by atoms with Crippen molar-refractivity contribution in [3.05, 3.63) is 0 Å². The number of sulfone groups is 1. The van der Waals surface area contributed by atoms with E-state index in [1.165, 1.54) is 12.8 Å². The first-order valence-electron chi connectivity index (χ1n) is 6.84. The van der Waals surface area contributed by atoms with Crippen molar-refractivity contribution in [1.29, 1.82) is 0 Å². The van der Waals surface area contributed by atoms with Gasteiger partial charge in [0.2, 0.25) is 0 Å². The lowest BCUT2D eigenvalue weighted by molar-refractivity contribution is 0.249. The zero-order valence-electron chi connectivity index (χ0n) is 11.5. The summed E-state index contributed by atoms with van der Waals surface area (Å²) < 4.78 is 23.2. The van der Waals surface area contributed by atoms with Crippen LogP contribution in [0, 0.1) is 11.3 Å². The molecule has 3 nitrogen and oxygen atoms in total. The first-order chi connectivity index (χ1) is 7.93. The highest BCUT2D eigenvalue weighted by atomic mass is 32.2. The van der Waals surface area contributed by atoms with Crippen LogP contribution in [0.25, 0.3) is 0 Å². The van der Waals surface area contributed by atoms with Crippen LogP contribution in [-0.4, -0.2) is 33.0 Å². The van der Waals surface area contributed by atoms with Crippen LogP contribution in [0.1, 0.15) is 46.5 Å². The minimum atomic E-state index is -2.82. The van der Waals surface area contributed by atoms with Crippen LogP contribution in [0.2, 0.25) is 0 Å². The maximum Gasteiger partial charge on any atom is 0.150 e. The van der Waals surface area contributed by atoms with Crippen molar-refractivity contribution in [2.75, 3.05) is 24.6 Å². The second-order valence-corrected chi connectivity index (χ2v) is 8.06. The second-order valence-electron chi connectivity index (χ2n) is 5.59. The summed E-state index contributed by atoms with van der Waals surface area (Å²) in [5.41, 5.74) is 0.178. The summed E-state index contributed by atoms with van der Waals surface area (Å²) in [6, 6.07) is 0. The van der Waals surface area contributed by atoms with E-state index in [2.05, 4.69) is 19.2 Å². The third-order valence-electron chi connectivity index (χ3n) is 3.94. The molecule has 17 heavy (non-hydrogen) atoms. The molecular formula is C13H27NO2S. The van der Waals surface area contributed by atoms with Gasteiger partial charge in [-0.25, -0.2) is 8.42 Å². The Hall–Kier alpha value is -0.0900. The van der Waals surface area contributed by atoms with Crippen molar-refractivity contribution in [3.8, 4) is 0 Å². The van der Waals surface area contributed by atoms with Gasteiger partial charge in [-0.1, -0.05) is 20.8 Å². The van der Waals surface area contributed by atoms with Crippen LogP contribution in [0.5, 0.6) is 0 Å². The lowest BCUT2D eigenvalue weighted by Crippen LogP contribution is -2.36. The summed E-state index contributed by atoms with van der Waals surface area (Å²) in [4.78, 5) is 0. The molecule has 0 aromatic carbocycles. The number of hydrogen-bond donors (Lipinski definition) is 1. The summed E-state index contributed by atoms with van der Waals surface area (Å²) in [6.45, 7) is 8.13. The van der Waals surface area contributed by atoms with Crippen molar-refractivity contribution in [2.45, 2.75) is 46.5 Å². The maximum absolute atomic E-state index is 11.6. The van der Waals surface area contributed by atoms with E-state index < -0.39 is 9.84 Å². The van der Waals surface area contributed by atoms with E-state index in [-0.39, 0.29) is 11.2 Å². The summed E-state index contributed by atoms with van der Waals surface area (Å²) in [6.07, 6.45) is 4.49. The largest absolute Gasteiger partial charge is 0.316 e. The predicted octanol–water partition coefficient (Wildman–Crippen LogP) is 2.23. The van der Waals surface area contributed by atoms with E-state index in [1.807, 2.05) is 0 Å². The zero-order valence-corrected chi connectivity index (χ0v) is 12.3. The first-order valence-corrected chi connectivity index (χ1v) is 8.67. The Balaban J connectivity index is 2.47. The molecule has 0 aliphatic heterocycles. The van der Waals surface area contributed by atoms with Gasteiger partial charge in [0.15, 0.2) is 0 Å². The van der Waals surface area contributed by atoms with Gasteiger partial charge in [-0.15, -0.1) is 0 Å². The average Bonchev–Trinajstić information content (AvgIpc) is 3.11. The lowest BCUT2D eigenvalue weighted by atomic mass is 9.82. The van der Waals surface area contributed by atoms with Crippen molar-refractivity contribution < 1.29 is 8.42 Å². The summed E-state index contributed by atoms with van der Waals surface area (Å²) in [7, 11) is -2.82. The monoisotopic (exact) mass is 261 g/mol. The molecule has 1 saturated carbocycles. The van der Waals surface area contributed by atoms with Gasteiger partial charge in [0, 0.05) is 12.3 Å². The lowest BCUT2D eigenvalue weighted by Gasteiger charge is -2.30. The molecule has 0 saturated heterocycles. The molecule has 0 radical (unpaired) electrons. The molecule has 0 heterocycles. The van der Waals surface area contributed by atoms with Gasteiger partial charge < -0.3 is 5.32 Å². The molecule has 0 aromatic heterocycles. The standard InChI is InChI=1S/C13H27NO2S/c1-4-9-14-11-13(3,12-6-7-12)8-10-17(15,16)5-2/h12,14H,4-11H2,1-3H3. The molecule has 1 aliphatic rings. The molecule has 102 valence electrons. The molecule has 0 spiro atoms. The quantitative estimate of drug-likeness (QED) is 0.647. The van der Waals surface area contributed by atoms with Gasteiger partial charge in [0.25, 0.3) is 0 Å². The summed E-state index contributed by atoms with van der Waals surface area (Å²) in [5, 5.41) is 3.46. The molecule has 1 unspecified atom stereocenters. The highest BCUT2D eigenvalue weighted by Gasteiger charge is 2.41. The van der Waals surface area contributed by atoms with Crippen molar-refractivity contribution >= 4 is 9.84 Å². The van der Waals surface area contributed by atoms with Crippen LogP contribution in [0.15, 0.2) is 0 Å². The first kappa shape index (κ1) is 15.0. The molecule has 1 aliphatic carbocycles. The molecular weight excluding hydrogens is 234 g/mol. The van der Waals surface area contributed by atoms with Crippen molar-refractivity contribution in [3.63, 3.8) is 0 Å². The normalized spacial score (nSPS) is 20.2. The molecule has 1 rings (SSSR count). The average molecular weight is 261 g/mol. The molecule has 1 atom stereocenters. The van der Waals surface area contributed by atoms with E-state index in [0.717, 1.165) is 31.8 Å². The highest BCUT2D eigenvalue weighted by Crippen LogP contribution is 2.47. The Morgan fingerprint density at radius 3 is 2.41 bits per heavy atom. The fourth-order valence-corrected chi connectivity index (χ4v) is 3.37. The predicted molar refractivity (Wildman–Crippen MR) is 72.9 cm³/mol. The topological polar surface area (TPSA) is 46.2 Å². The fourth-order valence-electron chi connectivity index (χ4n) is 2.30. The summed E-state index contributed by atoms with van der Waals surface area (Å²) >= 11 is 0. The minimum Gasteiger partial charge on any atom is -0.316 e. The van der Waals surface area contributed by atoms with Crippen LogP contribution >= 0.6 is 0 Å². The number of rotatable bonds is 9. The van der Waals surface area contributed by atoms with E-state index >= 15 is 0 Å². The summed E-state index contributed by atoms with van der Waals surface area (Å²) in [5.74, 6) is 1.36. The number of nitrogens with one attached hydrogen (secondary N) is 1. The molecule has 0 bridgehead atoms. The van der Waals surface area contributed by atoms with Gasteiger partial charge in [0.05, 0.1) is 5.75 Å². The van der Waals surface area contributed by atoms with Gasteiger partial charge in [-0.3, -0.25) is 0 Å². The van der Waals surface area contributed by atoms with Crippen LogP contribution < -0.4 is 5.32 Å². The Bertz CT molecular complexity index is 322. The second kappa shape index (κ2) is 6.19. The fraction of sp³-hybridized carbons (Fsp3) is 1.00. The third-order valence-corrected chi connectivity index (χ3v) is 5.65. The van der Waals surface area contributed by atoms with Crippen molar-refractivity contribution in [1.82, 2.24) is 5.32 Å². The third kappa shape index (κ3) is 4.96. The van der Waals surface area contributed by atoms with Crippen LogP contribution in [0.3, 0.4) is 0 Å². The minimum absolute atomic E-state index is 0.178. The van der Waals surface area contributed by atoms with Gasteiger partial charge in [0.1, 0.15) is 9.84 Å². The Labute approximate surface area is 106 Å². The Morgan fingerprint density at radius 2 is 1.94 bits per heavy atom. The van der Waals surface area contributed by atoms with E-state index in [9.17, 15) is 8.42 Å². The molecule has 0 aromatic rings. The highest BCUT2D eigenvalue weighted by molar-refractivity contribution is 7.91. The van der Waals surface area contributed by atoms with Crippen LogP contribution in [-0.2, 0) is 9.84 Å². The van der Waals surface area contributed by atoms with E-state index in [4.69, 9.17) is 0 Å². The van der Waals surface area contributed by atoms with E-state index in [0.29, 0.717) is 5.75 Å². The van der Waals surface area contributed by atoms with Gasteiger partial charge in [-0.05, 0) is 43.6 Å². The SMILES string of the molecule is CCCNCC(C)(CCS(=O)(=O)CC)C1CC1. The van der Waals surface area contributed by atoms with E-state index in [1.54, 1.807) is 6.92 Å². The molecule has 0 amide bonds. The van der Waals surface area contributed by atoms with Gasteiger partial charge >= 0.3 is 0 Å².